The summed E-state index contributed by atoms with van der Waals surface area (Å²) in [5.41, 5.74) is 5.06. The van der Waals surface area contributed by atoms with Crippen LogP contribution >= 0.6 is 0 Å². The van der Waals surface area contributed by atoms with Crippen LogP contribution in [0, 0.1) is 0 Å². The lowest BCUT2D eigenvalue weighted by Gasteiger charge is -2.43. The van der Waals surface area contributed by atoms with Gasteiger partial charge in [-0.2, -0.15) is 5.10 Å². The van der Waals surface area contributed by atoms with Gasteiger partial charge in [-0.1, -0.05) is 18.2 Å². The number of carbonyl (C=O) groups excluding carboxylic acids is 1. The molecule has 2 fully saturated rings. The lowest BCUT2D eigenvalue weighted by Crippen LogP contribution is -2.53. The molecule has 2 aliphatic heterocycles. The molecule has 8 nitrogen and oxygen atoms in total. The summed E-state index contributed by atoms with van der Waals surface area (Å²) in [5, 5.41) is 5.74. The van der Waals surface area contributed by atoms with E-state index in [1.807, 2.05) is 52.3 Å². The SMILES string of the molecule is CC(=O)N1CCC(N2CCN(c3cnc4c(-c5ccnc6ccccc56)cnn4c3)CC2)CC1. The minimum Gasteiger partial charge on any atom is -0.366 e. The molecule has 4 aromatic rings. The van der Waals surface area contributed by atoms with Crippen molar-refractivity contribution in [1.82, 2.24) is 29.4 Å². The standard InChI is InChI=1S/C26H29N7O/c1-19(34)30-10-7-20(8-11-30)31-12-14-32(15-13-31)21-16-28-26-24(17-29-33(26)18-21)22-6-9-27-25-5-3-2-4-23(22)25/h2-6,9,16-18,20H,7-8,10-15H2,1H3. The molecule has 174 valence electrons. The van der Waals surface area contributed by atoms with Gasteiger partial charge in [-0.3, -0.25) is 14.7 Å². The van der Waals surface area contributed by atoms with Gasteiger partial charge in [0.05, 0.1) is 29.8 Å². The Morgan fingerprint density at radius 1 is 0.912 bits per heavy atom. The van der Waals surface area contributed by atoms with Crippen molar-refractivity contribution >= 4 is 28.1 Å². The van der Waals surface area contributed by atoms with E-state index in [1.54, 1.807) is 6.92 Å². The number of anilines is 1. The molecule has 0 spiro atoms. The minimum absolute atomic E-state index is 0.199. The summed E-state index contributed by atoms with van der Waals surface area (Å²) in [4.78, 5) is 27.9. The summed E-state index contributed by atoms with van der Waals surface area (Å²) in [7, 11) is 0. The number of piperidine rings is 1. The number of piperazine rings is 1. The molecule has 0 saturated carbocycles. The highest BCUT2D eigenvalue weighted by molar-refractivity contribution is 5.97. The van der Waals surface area contributed by atoms with Crippen LogP contribution in [0.5, 0.6) is 0 Å². The Kier molecular flexibility index (Phi) is 5.37. The Balaban J connectivity index is 1.17. The van der Waals surface area contributed by atoms with E-state index in [2.05, 4.69) is 32.1 Å². The molecule has 8 heteroatoms. The van der Waals surface area contributed by atoms with E-state index in [0.29, 0.717) is 6.04 Å². The van der Waals surface area contributed by atoms with Crippen LogP contribution in [0.1, 0.15) is 19.8 Å². The molecule has 2 saturated heterocycles. The lowest BCUT2D eigenvalue weighted by atomic mass is 10.0. The van der Waals surface area contributed by atoms with Crippen LogP contribution in [-0.4, -0.2) is 80.6 Å². The summed E-state index contributed by atoms with van der Waals surface area (Å²) < 4.78 is 1.89. The number of fused-ring (bicyclic) bond motifs is 2. The average Bonchev–Trinajstić information content (AvgIpc) is 3.31. The Labute approximate surface area is 198 Å². The highest BCUT2D eigenvalue weighted by atomic mass is 16.2. The van der Waals surface area contributed by atoms with Crippen molar-refractivity contribution < 1.29 is 4.79 Å². The maximum absolute atomic E-state index is 11.6. The fourth-order valence-corrected chi connectivity index (χ4v) is 5.44. The molecule has 1 amide bonds. The van der Waals surface area contributed by atoms with Crippen molar-refractivity contribution in [1.29, 1.82) is 0 Å². The number of rotatable bonds is 3. The summed E-state index contributed by atoms with van der Waals surface area (Å²) >= 11 is 0. The van der Waals surface area contributed by atoms with Gasteiger partial charge >= 0.3 is 0 Å². The van der Waals surface area contributed by atoms with Crippen molar-refractivity contribution in [2.45, 2.75) is 25.8 Å². The molecule has 0 radical (unpaired) electrons. The van der Waals surface area contributed by atoms with Crippen molar-refractivity contribution in [2.24, 2.45) is 0 Å². The predicted octanol–water partition coefficient (Wildman–Crippen LogP) is 3.08. The Morgan fingerprint density at radius 3 is 2.50 bits per heavy atom. The van der Waals surface area contributed by atoms with Crippen molar-refractivity contribution in [2.75, 3.05) is 44.2 Å². The van der Waals surface area contributed by atoms with Crippen molar-refractivity contribution in [3.63, 3.8) is 0 Å². The highest BCUT2D eigenvalue weighted by Gasteiger charge is 2.28. The Morgan fingerprint density at radius 2 is 1.71 bits per heavy atom. The fourth-order valence-electron chi connectivity index (χ4n) is 5.44. The molecule has 5 heterocycles. The summed E-state index contributed by atoms with van der Waals surface area (Å²) in [6, 6.07) is 10.8. The van der Waals surface area contributed by atoms with Crippen molar-refractivity contribution in [3.05, 3.63) is 55.1 Å². The topological polar surface area (TPSA) is 69.9 Å². The first-order valence-corrected chi connectivity index (χ1v) is 12.1. The quantitative estimate of drug-likeness (QED) is 0.473. The predicted molar refractivity (Wildman–Crippen MR) is 133 cm³/mol. The number of aromatic nitrogens is 4. The third-order valence-corrected chi connectivity index (χ3v) is 7.39. The first-order valence-electron chi connectivity index (χ1n) is 12.1. The molecular weight excluding hydrogens is 426 g/mol. The second-order valence-electron chi connectivity index (χ2n) is 9.27. The van der Waals surface area contributed by atoms with E-state index >= 15 is 0 Å². The van der Waals surface area contributed by atoms with Crippen molar-refractivity contribution in [3.8, 4) is 11.1 Å². The first-order chi connectivity index (χ1) is 16.7. The largest absolute Gasteiger partial charge is 0.366 e. The molecule has 34 heavy (non-hydrogen) atoms. The van der Waals surface area contributed by atoms with Crippen LogP contribution in [0.25, 0.3) is 27.7 Å². The zero-order valence-corrected chi connectivity index (χ0v) is 19.5. The van der Waals surface area contributed by atoms with Gasteiger partial charge in [0.25, 0.3) is 0 Å². The number of hydrogen-bond acceptors (Lipinski definition) is 6. The molecule has 6 rings (SSSR count). The lowest BCUT2D eigenvalue weighted by molar-refractivity contribution is -0.130. The maximum Gasteiger partial charge on any atom is 0.219 e. The monoisotopic (exact) mass is 455 g/mol. The zero-order chi connectivity index (χ0) is 23.1. The van der Waals surface area contributed by atoms with Gasteiger partial charge in [-0.25, -0.2) is 9.50 Å². The third kappa shape index (κ3) is 3.77. The number of nitrogens with zero attached hydrogens (tertiary/aromatic N) is 7. The third-order valence-electron chi connectivity index (χ3n) is 7.39. The molecule has 0 unspecified atom stereocenters. The smallest absolute Gasteiger partial charge is 0.219 e. The molecule has 0 N–H and O–H groups in total. The molecule has 0 atom stereocenters. The van der Waals surface area contributed by atoms with Gasteiger partial charge in [0, 0.05) is 69.4 Å². The molecular formula is C26H29N7O. The molecule has 2 aliphatic rings. The van der Waals surface area contributed by atoms with Gasteiger partial charge in [-0.15, -0.1) is 0 Å². The van der Waals surface area contributed by atoms with E-state index in [9.17, 15) is 4.79 Å². The van der Waals surface area contributed by atoms with E-state index in [4.69, 9.17) is 4.98 Å². The highest BCUT2D eigenvalue weighted by Crippen LogP contribution is 2.30. The van der Waals surface area contributed by atoms with E-state index in [-0.39, 0.29) is 5.91 Å². The Hall–Kier alpha value is -3.52. The number of carbonyl (C=O) groups is 1. The summed E-state index contributed by atoms with van der Waals surface area (Å²) in [6.45, 7) is 7.47. The summed E-state index contributed by atoms with van der Waals surface area (Å²) in [6.07, 6.45) is 9.97. The average molecular weight is 456 g/mol. The van der Waals surface area contributed by atoms with Crippen LogP contribution in [0.2, 0.25) is 0 Å². The minimum atomic E-state index is 0.199. The van der Waals surface area contributed by atoms with Gasteiger partial charge in [-0.05, 0) is 30.5 Å². The number of para-hydroxylation sites is 1. The Bertz CT molecular complexity index is 1330. The van der Waals surface area contributed by atoms with Gasteiger partial charge in [0.15, 0.2) is 5.65 Å². The number of hydrogen-bond donors (Lipinski definition) is 0. The molecule has 0 bridgehead atoms. The number of benzene rings is 1. The number of likely N-dealkylation sites (tertiary alicyclic amines) is 1. The number of pyridine rings is 1. The van der Waals surface area contributed by atoms with Gasteiger partial charge < -0.3 is 9.80 Å². The first kappa shape index (κ1) is 21.0. The van der Waals surface area contributed by atoms with Crippen LogP contribution in [0.4, 0.5) is 5.69 Å². The molecule has 3 aromatic heterocycles. The van der Waals surface area contributed by atoms with E-state index in [0.717, 1.165) is 85.5 Å². The molecule has 1 aromatic carbocycles. The second-order valence-corrected chi connectivity index (χ2v) is 9.27. The number of amides is 1. The fraction of sp³-hybridized carbons (Fsp3) is 0.385. The second kappa shape index (κ2) is 8.68. The van der Waals surface area contributed by atoms with Gasteiger partial charge in [0.2, 0.25) is 5.91 Å². The summed E-state index contributed by atoms with van der Waals surface area (Å²) in [5.74, 6) is 0.199. The van der Waals surface area contributed by atoms with E-state index < -0.39 is 0 Å². The van der Waals surface area contributed by atoms with Crippen LogP contribution in [-0.2, 0) is 4.79 Å². The zero-order valence-electron chi connectivity index (χ0n) is 19.5. The normalized spacial score (nSPS) is 18.1. The van der Waals surface area contributed by atoms with Crippen LogP contribution in [0.3, 0.4) is 0 Å². The maximum atomic E-state index is 11.6. The van der Waals surface area contributed by atoms with E-state index in [1.165, 1.54) is 0 Å². The van der Waals surface area contributed by atoms with Crippen LogP contribution < -0.4 is 4.90 Å². The van der Waals surface area contributed by atoms with Crippen LogP contribution in [0.15, 0.2) is 55.1 Å². The molecule has 0 aliphatic carbocycles. The van der Waals surface area contributed by atoms with Gasteiger partial charge in [0.1, 0.15) is 0 Å².